The molecule has 1 rings (SSSR count). The summed E-state index contributed by atoms with van der Waals surface area (Å²) in [6.07, 6.45) is -2.50. The van der Waals surface area contributed by atoms with Crippen molar-refractivity contribution in [1.29, 1.82) is 5.26 Å². The van der Waals surface area contributed by atoms with Crippen molar-refractivity contribution in [1.82, 2.24) is 0 Å². The van der Waals surface area contributed by atoms with Crippen LogP contribution in [0.5, 0.6) is 0 Å². The second-order valence-corrected chi connectivity index (χ2v) is 5.06. The van der Waals surface area contributed by atoms with E-state index < -0.39 is 11.7 Å². The lowest BCUT2D eigenvalue weighted by molar-refractivity contribution is -0.0903. The molecule has 1 aromatic rings. The van der Waals surface area contributed by atoms with Gasteiger partial charge >= 0.3 is 6.18 Å². The highest BCUT2D eigenvalue weighted by atomic mass is 32.2. The molecule has 5 heteroatoms. The van der Waals surface area contributed by atoms with Gasteiger partial charge in [-0.25, -0.2) is 0 Å². The Kier molecular flexibility index (Phi) is 6.66. The van der Waals surface area contributed by atoms with Crippen molar-refractivity contribution in [3.8, 4) is 5.40 Å². The Bertz CT molecular complexity index is 486. The first-order chi connectivity index (χ1) is 9.50. The lowest BCUT2D eigenvalue weighted by atomic mass is 9.95. The fraction of sp³-hybridized carbons (Fsp3) is 0.400. The molecule has 0 atom stereocenters. The maximum absolute atomic E-state index is 13.2. The van der Waals surface area contributed by atoms with Crippen LogP contribution in [0.4, 0.5) is 13.2 Å². The van der Waals surface area contributed by atoms with Gasteiger partial charge in [-0.1, -0.05) is 43.7 Å². The number of rotatable bonds is 6. The summed E-state index contributed by atoms with van der Waals surface area (Å²) in [4.78, 5) is 0. The molecule has 0 aromatic heterocycles. The molecule has 0 N–H and O–H groups in total. The Morgan fingerprint density at radius 1 is 1.25 bits per heavy atom. The summed E-state index contributed by atoms with van der Waals surface area (Å²) in [5.74, 6) is -0.325. The third kappa shape index (κ3) is 4.93. The number of halogens is 3. The third-order valence-corrected chi connectivity index (χ3v) is 3.45. The molecule has 0 unspecified atom stereocenters. The van der Waals surface area contributed by atoms with Gasteiger partial charge in [0.1, 0.15) is 5.40 Å². The highest BCUT2D eigenvalue weighted by Gasteiger charge is 2.36. The Hall–Kier alpha value is -1.41. The van der Waals surface area contributed by atoms with E-state index in [0.717, 1.165) is 6.42 Å². The molecule has 0 aliphatic heterocycles. The first-order valence-electron chi connectivity index (χ1n) is 6.36. The molecule has 0 aliphatic rings. The molecule has 0 heterocycles. The largest absolute Gasteiger partial charge is 0.413 e. The minimum Gasteiger partial charge on any atom is -0.185 e. The van der Waals surface area contributed by atoms with E-state index >= 15 is 0 Å². The zero-order valence-electron chi connectivity index (χ0n) is 11.2. The summed E-state index contributed by atoms with van der Waals surface area (Å²) in [5.41, 5.74) is 0.304. The van der Waals surface area contributed by atoms with Gasteiger partial charge in [-0.15, -0.1) is 0 Å². The average molecular weight is 299 g/mol. The minimum atomic E-state index is -4.40. The molecule has 0 saturated heterocycles. The van der Waals surface area contributed by atoms with Gasteiger partial charge in [-0.05, 0) is 35.7 Å². The standard InChI is InChI=1S/C15H16F3NS/c1-2-3-9-13(12-7-5-4-6-8-12)14(10-20-11-19)15(16,17)18/h4-8H,2-3,9-10H2,1H3/b14-13-. The van der Waals surface area contributed by atoms with Crippen molar-refractivity contribution in [2.24, 2.45) is 0 Å². The topological polar surface area (TPSA) is 23.8 Å². The van der Waals surface area contributed by atoms with Crippen molar-refractivity contribution < 1.29 is 13.2 Å². The van der Waals surface area contributed by atoms with E-state index in [2.05, 4.69) is 0 Å². The van der Waals surface area contributed by atoms with Crippen LogP contribution in [0.1, 0.15) is 31.7 Å². The molecule has 0 radical (unpaired) electrons. The highest BCUT2D eigenvalue weighted by molar-refractivity contribution is 8.03. The molecule has 108 valence electrons. The Morgan fingerprint density at radius 2 is 1.90 bits per heavy atom. The van der Waals surface area contributed by atoms with Crippen molar-refractivity contribution in [2.45, 2.75) is 32.4 Å². The Morgan fingerprint density at radius 3 is 2.40 bits per heavy atom. The van der Waals surface area contributed by atoms with Crippen molar-refractivity contribution in [3.63, 3.8) is 0 Å². The summed E-state index contributed by atoms with van der Waals surface area (Å²) >= 11 is 0.627. The number of hydrogen-bond donors (Lipinski definition) is 0. The van der Waals surface area contributed by atoms with Crippen molar-refractivity contribution in [2.75, 3.05) is 5.75 Å². The molecule has 0 amide bonds. The predicted molar refractivity (Wildman–Crippen MR) is 77.0 cm³/mol. The second kappa shape index (κ2) is 8.01. The molecule has 20 heavy (non-hydrogen) atoms. The number of thioether (sulfide) groups is 1. The molecule has 0 fully saturated rings. The summed E-state index contributed by atoms with van der Waals surface area (Å²) in [6.45, 7) is 1.94. The maximum Gasteiger partial charge on any atom is 0.413 e. The number of alkyl halides is 3. The number of thiocyanates is 1. The molecule has 0 aliphatic carbocycles. The summed E-state index contributed by atoms with van der Waals surface area (Å²) < 4.78 is 39.7. The number of hydrogen-bond acceptors (Lipinski definition) is 2. The van der Waals surface area contributed by atoms with E-state index in [0.29, 0.717) is 35.7 Å². The van der Waals surface area contributed by atoms with E-state index in [1.54, 1.807) is 35.7 Å². The van der Waals surface area contributed by atoms with Crippen LogP contribution in [0.15, 0.2) is 35.9 Å². The van der Waals surface area contributed by atoms with Crippen LogP contribution in [-0.4, -0.2) is 11.9 Å². The van der Waals surface area contributed by atoms with E-state index in [1.165, 1.54) is 0 Å². The zero-order chi connectivity index (χ0) is 15.0. The second-order valence-electron chi connectivity index (χ2n) is 4.30. The van der Waals surface area contributed by atoms with Crippen LogP contribution in [0.2, 0.25) is 0 Å². The number of unbranched alkanes of at least 4 members (excludes halogenated alkanes) is 1. The Labute approximate surface area is 121 Å². The molecule has 0 bridgehead atoms. The lowest BCUT2D eigenvalue weighted by Gasteiger charge is -2.17. The Balaban J connectivity index is 3.27. The number of nitriles is 1. The summed E-state index contributed by atoms with van der Waals surface area (Å²) in [7, 11) is 0. The third-order valence-electron chi connectivity index (χ3n) is 2.89. The van der Waals surface area contributed by atoms with E-state index in [1.807, 2.05) is 6.92 Å². The van der Waals surface area contributed by atoms with Crippen LogP contribution in [0.3, 0.4) is 0 Å². The van der Waals surface area contributed by atoms with E-state index in [-0.39, 0.29) is 5.75 Å². The fourth-order valence-corrected chi connectivity index (χ4v) is 2.45. The van der Waals surface area contributed by atoms with Gasteiger partial charge in [0.25, 0.3) is 0 Å². The summed E-state index contributed by atoms with van der Waals surface area (Å²) in [6, 6.07) is 8.61. The first-order valence-corrected chi connectivity index (χ1v) is 7.34. The normalized spacial score (nSPS) is 12.8. The highest BCUT2D eigenvalue weighted by Crippen LogP contribution is 2.36. The molecular weight excluding hydrogens is 283 g/mol. The predicted octanol–water partition coefficient (Wildman–Crippen LogP) is 5.41. The van der Waals surface area contributed by atoms with Crippen molar-refractivity contribution in [3.05, 3.63) is 41.5 Å². The molecule has 1 aromatic carbocycles. The SMILES string of the molecule is CCCC/C(=C(\CSC#N)C(F)(F)F)c1ccccc1. The van der Waals surface area contributed by atoms with Gasteiger partial charge in [-0.2, -0.15) is 18.4 Å². The van der Waals surface area contributed by atoms with Gasteiger partial charge in [-0.3, -0.25) is 0 Å². The van der Waals surface area contributed by atoms with Gasteiger partial charge in [0.15, 0.2) is 0 Å². The zero-order valence-corrected chi connectivity index (χ0v) is 12.0. The fourth-order valence-electron chi connectivity index (χ4n) is 1.91. The van der Waals surface area contributed by atoms with Crippen LogP contribution in [-0.2, 0) is 0 Å². The lowest BCUT2D eigenvalue weighted by Crippen LogP contribution is -2.16. The van der Waals surface area contributed by atoms with Crippen LogP contribution in [0.25, 0.3) is 5.57 Å². The van der Waals surface area contributed by atoms with Gasteiger partial charge in [0.05, 0.1) is 0 Å². The number of benzene rings is 1. The molecule has 0 saturated carbocycles. The molecule has 0 spiro atoms. The van der Waals surface area contributed by atoms with Crippen LogP contribution in [0, 0.1) is 10.7 Å². The van der Waals surface area contributed by atoms with E-state index in [4.69, 9.17) is 5.26 Å². The minimum absolute atomic E-state index is 0.308. The smallest absolute Gasteiger partial charge is 0.185 e. The molecule has 1 nitrogen and oxygen atoms in total. The number of allylic oxidation sites excluding steroid dienone is 1. The average Bonchev–Trinajstić information content (AvgIpc) is 2.42. The van der Waals surface area contributed by atoms with Crippen LogP contribution >= 0.6 is 11.8 Å². The monoisotopic (exact) mass is 299 g/mol. The van der Waals surface area contributed by atoms with Gasteiger partial charge in [0.2, 0.25) is 0 Å². The maximum atomic E-state index is 13.2. The van der Waals surface area contributed by atoms with Crippen LogP contribution < -0.4 is 0 Å². The van der Waals surface area contributed by atoms with Crippen molar-refractivity contribution >= 4 is 17.3 Å². The quantitative estimate of drug-likeness (QED) is 0.656. The first kappa shape index (κ1) is 16.6. The summed E-state index contributed by atoms with van der Waals surface area (Å²) in [5, 5.41) is 10.2. The molecular formula is C15H16F3NS. The number of nitrogens with zero attached hydrogens (tertiary/aromatic N) is 1. The van der Waals surface area contributed by atoms with Gasteiger partial charge in [0, 0.05) is 11.3 Å². The van der Waals surface area contributed by atoms with E-state index in [9.17, 15) is 13.2 Å². The van der Waals surface area contributed by atoms with Gasteiger partial charge < -0.3 is 0 Å².